The molecular formula is C20H24N4O7. The van der Waals surface area contributed by atoms with E-state index >= 15 is 0 Å². The molecule has 0 aliphatic carbocycles. The topological polar surface area (TPSA) is 143 Å². The Hall–Kier alpha value is -3.63. The molecule has 2 aliphatic rings. The fourth-order valence-corrected chi connectivity index (χ4v) is 3.42. The highest BCUT2D eigenvalue weighted by molar-refractivity contribution is 6.20. The molecule has 2 aliphatic heterocycles. The maximum absolute atomic E-state index is 12.7. The summed E-state index contributed by atoms with van der Waals surface area (Å²) in [4.78, 5) is 63.0. The number of barbiturate groups is 1. The van der Waals surface area contributed by atoms with Crippen molar-refractivity contribution in [1.29, 1.82) is 0 Å². The summed E-state index contributed by atoms with van der Waals surface area (Å²) >= 11 is 0. The second kappa shape index (κ2) is 8.25. The normalized spacial score (nSPS) is 20.2. The van der Waals surface area contributed by atoms with Gasteiger partial charge >= 0.3 is 18.2 Å². The molecule has 2 heterocycles. The van der Waals surface area contributed by atoms with E-state index in [1.54, 1.807) is 45.0 Å². The van der Waals surface area contributed by atoms with Crippen LogP contribution < -0.4 is 16.0 Å². The number of urea groups is 1. The highest BCUT2D eigenvalue weighted by Gasteiger charge is 2.62. The fraction of sp³-hybridized carbons (Fsp3) is 0.450. The number of alkyl carbamates (subject to hydrolysis) is 1. The molecule has 166 valence electrons. The van der Waals surface area contributed by atoms with Crippen molar-refractivity contribution < 1.29 is 33.4 Å². The largest absolute Gasteiger partial charge is 0.445 e. The number of ether oxygens (including phenoxy) is 2. The van der Waals surface area contributed by atoms with Crippen molar-refractivity contribution in [3.05, 3.63) is 35.9 Å². The predicted octanol–water partition coefficient (Wildman–Crippen LogP) is 0.885. The Bertz CT molecular complexity index is 890. The van der Waals surface area contributed by atoms with Gasteiger partial charge in [0.05, 0.1) is 6.04 Å². The van der Waals surface area contributed by atoms with Crippen LogP contribution >= 0.6 is 0 Å². The van der Waals surface area contributed by atoms with E-state index in [2.05, 4.69) is 5.32 Å². The number of nitrogens with zero attached hydrogens (tertiary/aromatic N) is 1. The number of imide groups is 2. The second-order valence-electron chi connectivity index (χ2n) is 8.33. The van der Waals surface area contributed by atoms with Crippen LogP contribution in [-0.2, 0) is 25.7 Å². The molecule has 0 bridgehead atoms. The number of rotatable bonds is 3. The minimum absolute atomic E-state index is 0.0287. The molecule has 0 radical (unpaired) electrons. The summed E-state index contributed by atoms with van der Waals surface area (Å²) in [6.07, 6.45) is -1.64. The molecular weight excluding hydrogens is 408 g/mol. The predicted molar refractivity (Wildman–Crippen MR) is 105 cm³/mol. The molecule has 11 nitrogen and oxygen atoms in total. The molecule has 3 rings (SSSR count). The molecule has 1 atom stereocenters. The summed E-state index contributed by atoms with van der Waals surface area (Å²) in [6, 6.07) is 6.81. The Kier molecular flexibility index (Phi) is 5.87. The van der Waals surface area contributed by atoms with Gasteiger partial charge in [0, 0.05) is 13.1 Å². The van der Waals surface area contributed by atoms with Crippen LogP contribution in [0.3, 0.4) is 0 Å². The standard InChI is InChI=1S/C20H24N4O7/c1-19(2,3)31-18(29)24-9-13(20(11-24)14(25)22-16(27)23-15(20)26)21-17(28)30-10-12-7-5-4-6-8-12/h4-8,13H,9-11H2,1-3H3,(H,21,28)(H2,22,23,25,26,27). The van der Waals surface area contributed by atoms with E-state index in [-0.39, 0.29) is 19.7 Å². The van der Waals surface area contributed by atoms with E-state index in [4.69, 9.17) is 9.47 Å². The van der Waals surface area contributed by atoms with Crippen LogP contribution in [0.15, 0.2) is 30.3 Å². The molecule has 0 saturated carbocycles. The van der Waals surface area contributed by atoms with Crippen molar-refractivity contribution in [3.63, 3.8) is 0 Å². The van der Waals surface area contributed by atoms with Crippen molar-refractivity contribution in [1.82, 2.24) is 20.9 Å². The lowest BCUT2D eigenvalue weighted by Gasteiger charge is -2.34. The van der Waals surface area contributed by atoms with Gasteiger partial charge in [-0.2, -0.15) is 0 Å². The van der Waals surface area contributed by atoms with E-state index in [9.17, 15) is 24.0 Å². The van der Waals surface area contributed by atoms with Gasteiger partial charge in [-0.05, 0) is 26.3 Å². The Labute approximate surface area is 178 Å². The Morgan fingerprint density at radius 3 is 2.32 bits per heavy atom. The number of hydrogen-bond donors (Lipinski definition) is 3. The lowest BCUT2D eigenvalue weighted by atomic mass is 9.79. The molecule has 1 aromatic carbocycles. The maximum atomic E-state index is 12.7. The molecule has 11 heteroatoms. The van der Waals surface area contributed by atoms with Gasteiger partial charge in [0.25, 0.3) is 0 Å². The molecule has 6 amide bonds. The van der Waals surface area contributed by atoms with Crippen LogP contribution in [-0.4, -0.2) is 59.7 Å². The monoisotopic (exact) mass is 432 g/mol. The third-order valence-electron chi connectivity index (χ3n) is 4.86. The second-order valence-corrected chi connectivity index (χ2v) is 8.33. The number of carbonyl (C=O) groups excluding carboxylic acids is 5. The highest BCUT2D eigenvalue weighted by atomic mass is 16.6. The first-order chi connectivity index (χ1) is 14.5. The Balaban J connectivity index is 1.78. The summed E-state index contributed by atoms with van der Waals surface area (Å²) in [5, 5.41) is 6.55. The quantitative estimate of drug-likeness (QED) is 0.602. The summed E-state index contributed by atoms with van der Waals surface area (Å²) in [6.45, 7) is 4.42. The van der Waals surface area contributed by atoms with Crippen molar-refractivity contribution in [3.8, 4) is 0 Å². The van der Waals surface area contributed by atoms with Crippen molar-refractivity contribution >= 4 is 30.0 Å². The molecule has 1 spiro atoms. The van der Waals surface area contributed by atoms with E-state index in [1.807, 2.05) is 16.7 Å². The van der Waals surface area contributed by atoms with E-state index in [0.717, 1.165) is 10.5 Å². The van der Waals surface area contributed by atoms with Crippen LogP contribution in [0.2, 0.25) is 0 Å². The van der Waals surface area contributed by atoms with Crippen LogP contribution in [0.25, 0.3) is 0 Å². The lowest BCUT2D eigenvalue weighted by Crippen LogP contribution is -2.69. The van der Waals surface area contributed by atoms with Crippen LogP contribution in [0, 0.1) is 5.41 Å². The Morgan fingerprint density at radius 2 is 1.74 bits per heavy atom. The molecule has 2 fully saturated rings. The first-order valence-electron chi connectivity index (χ1n) is 9.63. The molecule has 1 aromatic rings. The average Bonchev–Trinajstić information content (AvgIpc) is 3.05. The van der Waals surface area contributed by atoms with Crippen LogP contribution in [0.1, 0.15) is 26.3 Å². The fourth-order valence-electron chi connectivity index (χ4n) is 3.42. The van der Waals surface area contributed by atoms with Crippen LogP contribution in [0.5, 0.6) is 0 Å². The van der Waals surface area contributed by atoms with Gasteiger partial charge in [0.1, 0.15) is 12.2 Å². The lowest BCUT2D eigenvalue weighted by molar-refractivity contribution is -0.144. The number of carbonyl (C=O) groups is 5. The van der Waals surface area contributed by atoms with Crippen molar-refractivity contribution in [2.24, 2.45) is 5.41 Å². The SMILES string of the molecule is CC(C)(C)OC(=O)N1CC(NC(=O)OCc2ccccc2)C2(C1)C(=O)NC(=O)NC2=O. The molecule has 2 saturated heterocycles. The highest BCUT2D eigenvalue weighted by Crippen LogP contribution is 2.34. The van der Waals surface area contributed by atoms with Crippen LogP contribution in [0.4, 0.5) is 14.4 Å². The minimum Gasteiger partial charge on any atom is -0.445 e. The molecule has 0 aromatic heterocycles. The number of amides is 6. The summed E-state index contributed by atoms with van der Waals surface area (Å²) in [5.41, 5.74) is -1.97. The zero-order valence-corrected chi connectivity index (χ0v) is 17.4. The molecule has 3 N–H and O–H groups in total. The maximum Gasteiger partial charge on any atom is 0.410 e. The van der Waals surface area contributed by atoms with Gasteiger partial charge in [0.2, 0.25) is 11.8 Å². The third-order valence-corrected chi connectivity index (χ3v) is 4.86. The Morgan fingerprint density at radius 1 is 1.13 bits per heavy atom. The summed E-state index contributed by atoms with van der Waals surface area (Å²) in [7, 11) is 0. The molecule has 31 heavy (non-hydrogen) atoms. The first-order valence-corrected chi connectivity index (χ1v) is 9.63. The van der Waals surface area contributed by atoms with Crippen molar-refractivity contribution in [2.45, 2.75) is 39.0 Å². The zero-order valence-electron chi connectivity index (χ0n) is 17.4. The first kappa shape index (κ1) is 22.1. The smallest absolute Gasteiger partial charge is 0.410 e. The van der Waals surface area contributed by atoms with Crippen molar-refractivity contribution in [2.75, 3.05) is 13.1 Å². The number of hydrogen-bond acceptors (Lipinski definition) is 7. The van der Waals surface area contributed by atoms with E-state index < -0.39 is 47.1 Å². The summed E-state index contributed by atoms with van der Waals surface area (Å²) < 4.78 is 10.5. The van der Waals surface area contributed by atoms with Gasteiger partial charge in [-0.3, -0.25) is 20.2 Å². The number of likely N-dealkylation sites (tertiary alicyclic amines) is 1. The summed E-state index contributed by atoms with van der Waals surface area (Å²) in [5.74, 6) is -1.83. The number of benzene rings is 1. The van der Waals surface area contributed by atoms with Gasteiger partial charge in [0.15, 0.2) is 5.41 Å². The number of nitrogens with one attached hydrogen (secondary N) is 3. The van der Waals surface area contributed by atoms with Gasteiger partial charge < -0.3 is 19.7 Å². The van der Waals surface area contributed by atoms with E-state index in [0.29, 0.717) is 0 Å². The zero-order chi connectivity index (χ0) is 22.8. The van der Waals surface area contributed by atoms with Gasteiger partial charge in [-0.15, -0.1) is 0 Å². The van der Waals surface area contributed by atoms with E-state index in [1.165, 1.54) is 0 Å². The third kappa shape index (κ3) is 4.76. The van der Waals surface area contributed by atoms with Gasteiger partial charge in [-0.1, -0.05) is 30.3 Å². The minimum atomic E-state index is -1.91. The van der Waals surface area contributed by atoms with Gasteiger partial charge in [-0.25, -0.2) is 14.4 Å². The molecule has 1 unspecified atom stereocenters. The average molecular weight is 432 g/mol.